The van der Waals surface area contributed by atoms with Gasteiger partial charge in [0.1, 0.15) is 5.54 Å². The van der Waals surface area contributed by atoms with E-state index in [4.69, 9.17) is 9.47 Å². The van der Waals surface area contributed by atoms with Crippen LogP contribution in [0.15, 0.2) is 18.2 Å². The molecule has 0 aromatic heterocycles. The van der Waals surface area contributed by atoms with Gasteiger partial charge in [-0.3, -0.25) is 10.1 Å². The Morgan fingerprint density at radius 1 is 1.33 bits per heavy atom. The monoisotopic (exact) mass is 295 g/mol. The van der Waals surface area contributed by atoms with E-state index in [0.29, 0.717) is 17.9 Å². The summed E-state index contributed by atoms with van der Waals surface area (Å²) in [6, 6.07) is 5.49. The highest BCUT2D eigenvalue weighted by molar-refractivity contribution is 5.78. The molecule has 2 unspecified atom stereocenters. The van der Waals surface area contributed by atoms with Crippen LogP contribution < -0.4 is 14.8 Å². The van der Waals surface area contributed by atoms with Crippen LogP contribution in [0.25, 0.3) is 0 Å². The van der Waals surface area contributed by atoms with Crippen molar-refractivity contribution in [1.29, 1.82) is 0 Å². The van der Waals surface area contributed by atoms with E-state index in [1.54, 1.807) is 21.1 Å². The highest BCUT2D eigenvalue weighted by atomic mass is 16.5. The molecule has 0 saturated carbocycles. The second-order valence-electron chi connectivity index (χ2n) is 5.37. The van der Waals surface area contributed by atoms with Crippen LogP contribution in [-0.2, 0) is 4.79 Å². The highest BCUT2D eigenvalue weighted by Crippen LogP contribution is 2.30. The predicted molar refractivity (Wildman–Crippen MR) is 82.0 cm³/mol. The summed E-state index contributed by atoms with van der Waals surface area (Å²) in [5.41, 5.74) is 0.0117. The van der Waals surface area contributed by atoms with Gasteiger partial charge in [0, 0.05) is 6.04 Å². The molecule has 2 N–H and O–H groups in total. The largest absolute Gasteiger partial charge is 0.493 e. The minimum Gasteiger partial charge on any atom is -0.493 e. The third kappa shape index (κ3) is 4.11. The Bertz CT molecular complexity index is 489. The van der Waals surface area contributed by atoms with Gasteiger partial charge in [0.25, 0.3) is 0 Å². The fourth-order valence-corrected chi connectivity index (χ4v) is 2.42. The number of rotatable bonds is 8. The van der Waals surface area contributed by atoms with E-state index in [-0.39, 0.29) is 6.04 Å². The van der Waals surface area contributed by atoms with Gasteiger partial charge in [0.05, 0.1) is 14.2 Å². The number of carboxylic acids is 1. The maximum atomic E-state index is 11.5. The predicted octanol–water partition coefficient (Wildman–Crippen LogP) is 3.00. The highest BCUT2D eigenvalue weighted by Gasteiger charge is 2.33. The quantitative estimate of drug-likeness (QED) is 0.771. The van der Waals surface area contributed by atoms with Crippen molar-refractivity contribution in [3.63, 3.8) is 0 Å². The lowest BCUT2D eigenvalue weighted by Crippen LogP contribution is -2.50. The summed E-state index contributed by atoms with van der Waals surface area (Å²) in [7, 11) is 3.17. The number of hydrogen-bond acceptors (Lipinski definition) is 4. The first-order chi connectivity index (χ1) is 9.87. The summed E-state index contributed by atoms with van der Waals surface area (Å²) in [6.07, 6.45) is 1.37. The molecule has 0 radical (unpaired) electrons. The van der Waals surface area contributed by atoms with Crippen molar-refractivity contribution < 1.29 is 19.4 Å². The molecule has 0 fully saturated rings. The topological polar surface area (TPSA) is 67.8 Å². The molecule has 21 heavy (non-hydrogen) atoms. The third-order valence-electron chi connectivity index (χ3n) is 3.66. The van der Waals surface area contributed by atoms with E-state index in [9.17, 15) is 9.90 Å². The van der Waals surface area contributed by atoms with Gasteiger partial charge >= 0.3 is 5.97 Å². The molecule has 0 aliphatic rings. The molecule has 0 aliphatic carbocycles. The van der Waals surface area contributed by atoms with Crippen LogP contribution in [0.5, 0.6) is 11.5 Å². The van der Waals surface area contributed by atoms with Gasteiger partial charge in [0.2, 0.25) is 0 Å². The first-order valence-corrected chi connectivity index (χ1v) is 7.11. The average Bonchev–Trinajstić information content (AvgIpc) is 2.46. The first-order valence-electron chi connectivity index (χ1n) is 7.11. The minimum absolute atomic E-state index is 0.113. The lowest BCUT2D eigenvalue weighted by Gasteiger charge is -2.30. The molecule has 1 aromatic rings. The molecule has 118 valence electrons. The summed E-state index contributed by atoms with van der Waals surface area (Å²) in [6.45, 7) is 5.64. The fourth-order valence-electron chi connectivity index (χ4n) is 2.42. The fraction of sp³-hybridized carbons (Fsp3) is 0.562. The zero-order chi connectivity index (χ0) is 16.0. The zero-order valence-electron chi connectivity index (χ0n) is 13.4. The summed E-state index contributed by atoms with van der Waals surface area (Å²) in [5, 5.41) is 12.6. The van der Waals surface area contributed by atoms with Crippen molar-refractivity contribution in [2.24, 2.45) is 0 Å². The maximum Gasteiger partial charge on any atom is 0.323 e. The normalized spacial score (nSPS) is 15.1. The summed E-state index contributed by atoms with van der Waals surface area (Å²) in [5.74, 6) is 0.454. The number of methoxy groups -OCH3 is 2. The summed E-state index contributed by atoms with van der Waals surface area (Å²) >= 11 is 0. The molecular formula is C16H25NO4. The molecule has 0 heterocycles. The van der Waals surface area contributed by atoms with Crippen molar-refractivity contribution in [2.75, 3.05) is 14.2 Å². The first kappa shape index (κ1) is 17.3. The number of hydrogen-bond donors (Lipinski definition) is 2. The molecular weight excluding hydrogens is 270 g/mol. The lowest BCUT2D eigenvalue weighted by molar-refractivity contribution is -0.144. The molecule has 1 rings (SSSR count). The van der Waals surface area contributed by atoms with Crippen molar-refractivity contribution in [2.45, 2.75) is 45.2 Å². The van der Waals surface area contributed by atoms with Crippen molar-refractivity contribution in [1.82, 2.24) is 5.32 Å². The SMILES string of the molecule is CCCC(C)(NC(C)c1ccc(OC)c(OC)c1)C(=O)O. The Morgan fingerprint density at radius 3 is 2.43 bits per heavy atom. The third-order valence-corrected chi connectivity index (χ3v) is 3.66. The van der Waals surface area contributed by atoms with Gasteiger partial charge in [-0.15, -0.1) is 0 Å². The van der Waals surface area contributed by atoms with E-state index < -0.39 is 11.5 Å². The van der Waals surface area contributed by atoms with E-state index in [2.05, 4.69) is 5.32 Å². The van der Waals surface area contributed by atoms with Gasteiger partial charge in [-0.1, -0.05) is 19.4 Å². The number of carboxylic acid groups (broad SMARTS) is 1. The number of carbonyl (C=O) groups is 1. The zero-order valence-corrected chi connectivity index (χ0v) is 13.4. The van der Waals surface area contributed by atoms with Gasteiger partial charge in [-0.2, -0.15) is 0 Å². The maximum absolute atomic E-state index is 11.5. The Balaban J connectivity index is 2.97. The van der Waals surface area contributed by atoms with Crippen LogP contribution >= 0.6 is 0 Å². The van der Waals surface area contributed by atoms with E-state index in [0.717, 1.165) is 12.0 Å². The molecule has 5 heteroatoms. The molecule has 2 atom stereocenters. The second-order valence-corrected chi connectivity index (χ2v) is 5.37. The van der Waals surface area contributed by atoms with Gasteiger partial charge in [-0.05, 0) is 38.0 Å². The van der Waals surface area contributed by atoms with Crippen molar-refractivity contribution >= 4 is 5.97 Å². The number of aliphatic carboxylic acids is 1. The van der Waals surface area contributed by atoms with Crippen LogP contribution in [-0.4, -0.2) is 30.8 Å². The standard InChI is InChI=1S/C16H25NO4/c1-6-9-16(3,15(18)19)17-11(2)12-7-8-13(20-4)14(10-12)21-5/h7-8,10-11,17H,6,9H2,1-5H3,(H,18,19). The Morgan fingerprint density at radius 2 is 1.95 bits per heavy atom. The van der Waals surface area contributed by atoms with Crippen LogP contribution in [0.3, 0.4) is 0 Å². The molecule has 1 aromatic carbocycles. The van der Waals surface area contributed by atoms with Crippen molar-refractivity contribution in [3.8, 4) is 11.5 Å². The number of benzene rings is 1. The molecule has 5 nitrogen and oxygen atoms in total. The van der Waals surface area contributed by atoms with E-state index >= 15 is 0 Å². The van der Waals surface area contributed by atoms with Crippen LogP contribution in [0.4, 0.5) is 0 Å². The number of ether oxygens (including phenoxy) is 2. The smallest absolute Gasteiger partial charge is 0.323 e. The number of nitrogens with one attached hydrogen (secondary N) is 1. The Labute approximate surface area is 126 Å². The van der Waals surface area contributed by atoms with Crippen LogP contribution in [0.1, 0.15) is 45.2 Å². The summed E-state index contributed by atoms with van der Waals surface area (Å²) in [4.78, 5) is 11.5. The molecule has 0 saturated heterocycles. The van der Waals surface area contributed by atoms with E-state index in [1.165, 1.54) is 0 Å². The summed E-state index contributed by atoms with van der Waals surface area (Å²) < 4.78 is 10.5. The Hall–Kier alpha value is -1.75. The van der Waals surface area contributed by atoms with Crippen LogP contribution in [0.2, 0.25) is 0 Å². The minimum atomic E-state index is -0.943. The lowest BCUT2D eigenvalue weighted by atomic mass is 9.94. The molecule has 0 bridgehead atoms. The second kappa shape index (κ2) is 7.31. The van der Waals surface area contributed by atoms with Crippen LogP contribution in [0, 0.1) is 0 Å². The van der Waals surface area contributed by atoms with Gasteiger partial charge in [0.15, 0.2) is 11.5 Å². The van der Waals surface area contributed by atoms with Crippen molar-refractivity contribution in [3.05, 3.63) is 23.8 Å². The molecule has 0 amide bonds. The van der Waals surface area contributed by atoms with E-state index in [1.807, 2.05) is 32.0 Å². The average molecular weight is 295 g/mol. The molecule has 0 spiro atoms. The Kier molecular flexibility index (Phi) is 6.03. The van der Waals surface area contributed by atoms with Gasteiger partial charge in [-0.25, -0.2) is 0 Å². The van der Waals surface area contributed by atoms with Gasteiger partial charge < -0.3 is 14.6 Å². The molecule has 0 aliphatic heterocycles.